The van der Waals surface area contributed by atoms with Crippen LogP contribution in [0.3, 0.4) is 0 Å². The lowest BCUT2D eigenvalue weighted by molar-refractivity contribution is -0.138. The molecule has 1 aromatic rings. The van der Waals surface area contributed by atoms with E-state index < -0.39 is 5.97 Å². The minimum absolute atomic E-state index is 0.0676. The maximum Gasteiger partial charge on any atom is 0.304 e. The van der Waals surface area contributed by atoms with Gasteiger partial charge >= 0.3 is 5.97 Å². The van der Waals surface area contributed by atoms with Crippen molar-refractivity contribution >= 4 is 21.9 Å². The number of aliphatic carboxylic acids is 1. The Kier molecular flexibility index (Phi) is 4.93. The predicted molar refractivity (Wildman–Crippen MR) is 74.4 cm³/mol. The Morgan fingerprint density at radius 2 is 2.26 bits per heavy atom. The highest BCUT2D eigenvalue weighted by molar-refractivity contribution is 9.10. The van der Waals surface area contributed by atoms with Crippen molar-refractivity contribution in [2.24, 2.45) is 0 Å². The van der Waals surface area contributed by atoms with Crippen LogP contribution in [-0.4, -0.2) is 28.6 Å². The monoisotopic (exact) mass is 329 g/mol. The summed E-state index contributed by atoms with van der Waals surface area (Å²) in [6.07, 6.45) is 3.22. The molecule has 1 N–H and O–H groups in total. The first-order valence-electron chi connectivity index (χ1n) is 6.46. The van der Waals surface area contributed by atoms with E-state index in [4.69, 9.17) is 5.11 Å². The van der Waals surface area contributed by atoms with Gasteiger partial charge in [-0.1, -0.05) is 12.5 Å². The van der Waals surface area contributed by atoms with Crippen molar-refractivity contribution in [3.8, 4) is 0 Å². The fourth-order valence-corrected chi connectivity index (χ4v) is 2.82. The first kappa shape index (κ1) is 14.5. The Hall–Kier alpha value is -0.940. The number of hydrogen-bond donors (Lipinski definition) is 1. The molecule has 5 heteroatoms. The summed E-state index contributed by atoms with van der Waals surface area (Å²) in [6.45, 7) is 1.50. The molecule has 1 unspecified atom stereocenters. The van der Waals surface area contributed by atoms with E-state index in [1.54, 1.807) is 6.07 Å². The number of carboxylic acids is 1. The van der Waals surface area contributed by atoms with Crippen LogP contribution < -0.4 is 0 Å². The fourth-order valence-electron chi connectivity index (χ4n) is 2.57. The number of carbonyl (C=O) groups is 1. The second kappa shape index (κ2) is 6.48. The van der Waals surface area contributed by atoms with Gasteiger partial charge in [-0.15, -0.1) is 0 Å². The highest BCUT2D eigenvalue weighted by atomic mass is 79.9. The molecule has 3 nitrogen and oxygen atoms in total. The van der Waals surface area contributed by atoms with Gasteiger partial charge in [0.25, 0.3) is 0 Å². The lowest BCUT2D eigenvalue weighted by atomic mass is 9.98. The zero-order valence-electron chi connectivity index (χ0n) is 10.6. The van der Waals surface area contributed by atoms with Gasteiger partial charge in [0.1, 0.15) is 5.82 Å². The smallest absolute Gasteiger partial charge is 0.304 e. The van der Waals surface area contributed by atoms with E-state index in [-0.39, 0.29) is 18.3 Å². The maximum absolute atomic E-state index is 13.5. The first-order valence-corrected chi connectivity index (χ1v) is 7.25. The highest BCUT2D eigenvalue weighted by Crippen LogP contribution is 2.23. The maximum atomic E-state index is 13.5. The van der Waals surface area contributed by atoms with Gasteiger partial charge in [0.2, 0.25) is 0 Å². The molecule has 0 amide bonds. The molecule has 19 heavy (non-hydrogen) atoms. The molecule has 0 aliphatic carbocycles. The third-order valence-electron chi connectivity index (χ3n) is 3.53. The van der Waals surface area contributed by atoms with E-state index in [0.29, 0.717) is 11.0 Å². The molecule has 0 spiro atoms. The van der Waals surface area contributed by atoms with Crippen LogP contribution in [0.4, 0.5) is 4.39 Å². The van der Waals surface area contributed by atoms with Gasteiger partial charge in [0.05, 0.1) is 10.9 Å². The normalized spacial score (nSPS) is 20.4. The van der Waals surface area contributed by atoms with Crippen LogP contribution in [0.1, 0.15) is 31.2 Å². The molecule has 1 atom stereocenters. The third-order valence-corrected chi connectivity index (χ3v) is 4.17. The van der Waals surface area contributed by atoms with Gasteiger partial charge in [-0.2, -0.15) is 0 Å². The number of benzene rings is 1. The van der Waals surface area contributed by atoms with E-state index in [0.717, 1.165) is 31.4 Å². The van der Waals surface area contributed by atoms with Crippen molar-refractivity contribution in [3.63, 3.8) is 0 Å². The number of rotatable bonds is 4. The minimum atomic E-state index is -0.765. The highest BCUT2D eigenvalue weighted by Gasteiger charge is 2.24. The first-order chi connectivity index (χ1) is 9.06. The summed E-state index contributed by atoms with van der Waals surface area (Å²) in [4.78, 5) is 13.0. The molecule has 0 bridgehead atoms. The second-order valence-corrected chi connectivity index (χ2v) is 5.82. The third kappa shape index (κ3) is 4.01. The van der Waals surface area contributed by atoms with Crippen LogP contribution in [0.25, 0.3) is 0 Å². The summed E-state index contributed by atoms with van der Waals surface area (Å²) in [6, 6.07) is 5.15. The van der Waals surface area contributed by atoms with Crippen LogP contribution in [-0.2, 0) is 11.3 Å². The van der Waals surface area contributed by atoms with Crippen molar-refractivity contribution in [2.45, 2.75) is 38.3 Å². The molecule has 0 aromatic heterocycles. The Morgan fingerprint density at radius 1 is 1.47 bits per heavy atom. The summed E-state index contributed by atoms with van der Waals surface area (Å²) in [5, 5.41) is 8.94. The van der Waals surface area contributed by atoms with Crippen molar-refractivity contribution in [1.29, 1.82) is 0 Å². The largest absolute Gasteiger partial charge is 0.481 e. The molecule has 2 rings (SSSR count). The second-order valence-electron chi connectivity index (χ2n) is 4.97. The molecule has 1 fully saturated rings. The standard InChI is InChI=1S/C14H17BrFNO2/c15-12-5-4-10(7-13(12)16)9-17-6-2-1-3-11(17)8-14(18)19/h4-5,7,11H,1-3,6,8-9H2,(H,18,19). The number of carboxylic acid groups (broad SMARTS) is 1. The Labute approximate surface area is 120 Å². The molecule has 1 saturated heterocycles. The van der Waals surface area contributed by atoms with Crippen molar-refractivity contribution in [1.82, 2.24) is 4.90 Å². The number of hydrogen-bond acceptors (Lipinski definition) is 2. The average Bonchev–Trinajstić information content (AvgIpc) is 2.36. The van der Waals surface area contributed by atoms with E-state index in [9.17, 15) is 9.18 Å². The number of nitrogens with zero attached hydrogens (tertiary/aromatic N) is 1. The number of halogens is 2. The minimum Gasteiger partial charge on any atom is -0.481 e. The van der Waals surface area contributed by atoms with Crippen LogP contribution in [0.5, 0.6) is 0 Å². The van der Waals surface area contributed by atoms with Crippen LogP contribution in [0, 0.1) is 5.82 Å². The Bertz CT molecular complexity index is 467. The van der Waals surface area contributed by atoms with Gasteiger partial charge < -0.3 is 5.11 Å². The molecule has 1 aliphatic rings. The van der Waals surface area contributed by atoms with Gasteiger partial charge in [-0.3, -0.25) is 9.69 Å². The van der Waals surface area contributed by atoms with Gasteiger partial charge in [0, 0.05) is 12.6 Å². The zero-order valence-corrected chi connectivity index (χ0v) is 12.2. The molecule has 1 aromatic carbocycles. The lowest BCUT2D eigenvalue weighted by Crippen LogP contribution is -2.40. The zero-order chi connectivity index (χ0) is 13.8. The topological polar surface area (TPSA) is 40.5 Å². The average molecular weight is 330 g/mol. The lowest BCUT2D eigenvalue weighted by Gasteiger charge is -2.35. The number of likely N-dealkylation sites (tertiary alicyclic amines) is 1. The summed E-state index contributed by atoms with van der Waals surface area (Å²) in [5.74, 6) is -1.04. The Morgan fingerprint density at radius 3 is 2.95 bits per heavy atom. The summed E-state index contributed by atoms with van der Waals surface area (Å²) < 4.78 is 13.9. The van der Waals surface area contributed by atoms with E-state index in [1.165, 1.54) is 6.07 Å². The van der Waals surface area contributed by atoms with Crippen LogP contribution in [0.15, 0.2) is 22.7 Å². The van der Waals surface area contributed by atoms with Gasteiger partial charge in [-0.05, 0) is 53.0 Å². The van der Waals surface area contributed by atoms with Crippen LogP contribution >= 0.6 is 15.9 Å². The fraction of sp³-hybridized carbons (Fsp3) is 0.500. The van der Waals surface area contributed by atoms with Crippen molar-refractivity contribution < 1.29 is 14.3 Å². The molecule has 1 aliphatic heterocycles. The van der Waals surface area contributed by atoms with E-state index in [1.807, 2.05) is 6.07 Å². The molecule has 0 saturated carbocycles. The molecular formula is C14H17BrFNO2. The van der Waals surface area contributed by atoms with Crippen LogP contribution in [0.2, 0.25) is 0 Å². The molecule has 104 valence electrons. The molecule has 0 radical (unpaired) electrons. The van der Waals surface area contributed by atoms with Crippen molar-refractivity contribution in [2.75, 3.05) is 6.54 Å². The molecular weight excluding hydrogens is 313 g/mol. The van der Waals surface area contributed by atoms with E-state index in [2.05, 4.69) is 20.8 Å². The molecule has 1 heterocycles. The predicted octanol–water partition coefficient (Wildman–Crippen LogP) is 3.42. The summed E-state index contributed by atoms with van der Waals surface area (Å²) in [7, 11) is 0. The Balaban J connectivity index is 2.06. The van der Waals surface area contributed by atoms with Gasteiger partial charge in [0.15, 0.2) is 0 Å². The van der Waals surface area contributed by atoms with E-state index >= 15 is 0 Å². The van der Waals surface area contributed by atoms with Gasteiger partial charge in [-0.25, -0.2) is 4.39 Å². The van der Waals surface area contributed by atoms with Crippen molar-refractivity contribution in [3.05, 3.63) is 34.1 Å². The summed E-state index contributed by atoms with van der Waals surface area (Å²) in [5.41, 5.74) is 0.887. The quantitative estimate of drug-likeness (QED) is 0.920. The SMILES string of the molecule is O=C(O)CC1CCCCN1Cc1ccc(Br)c(F)c1. The summed E-state index contributed by atoms with van der Waals surface area (Å²) >= 11 is 3.13. The number of piperidine rings is 1.